The molecule has 1 aromatic carbocycles. The maximum Gasteiger partial charge on any atom is 0.227 e. The Morgan fingerprint density at radius 3 is 2.79 bits per heavy atom. The van der Waals surface area contributed by atoms with Gasteiger partial charge in [0.05, 0.1) is 6.54 Å². The first-order valence-electron chi connectivity index (χ1n) is 10.7. The molecule has 28 heavy (non-hydrogen) atoms. The van der Waals surface area contributed by atoms with Crippen LogP contribution in [-0.2, 0) is 16.1 Å². The van der Waals surface area contributed by atoms with Crippen LogP contribution in [0.25, 0.3) is 0 Å². The smallest absolute Gasteiger partial charge is 0.227 e. The Hall–Kier alpha value is -2.08. The summed E-state index contributed by atoms with van der Waals surface area (Å²) in [5, 5.41) is 9.67. The number of amides is 1. The molecule has 0 heterocycles. The highest BCUT2D eigenvalue weighted by Gasteiger charge is 2.25. The first-order chi connectivity index (χ1) is 13.7. The van der Waals surface area contributed by atoms with Gasteiger partial charge in [0.15, 0.2) is 5.96 Å². The molecule has 6 nitrogen and oxygen atoms in total. The molecule has 0 aliphatic heterocycles. The van der Waals surface area contributed by atoms with Crippen molar-refractivity contribution in [3.63, 3.8) is 0 Å². The van der Waals surface area contributed by atoms with E-state index in [1.165, 1.54) is 19.3 Å². The Balaban J connectivity index is 1.41. The summed E-state index contributed by atoms with van der Waals surface area (Å²) in [6, 6.07) is 7.96. The van der Waals surface area contributed by atoms with Crippen LogP contribution < -0.4 is 16.0 Å². The van der Waals surface area contributed by atoms with Crippen molar-refractivity contribution in [2.24, 2.45) is 16.8 Å². The molecule has 1 amide bonds. The van der Waals surface area contributed by atoms with Gasteiger partial charge in [-0.05, 0) is 62.6 Å². The summed E-state index contributed by atoms with van der Waals surface area (Å²) in [6.45, 7) is 6.01. The second-order valence-corrected chi connectivity index (χ2v) is 7.81. The minimum atomic E-state index is 0.144. The number of nitrogens with one attached hydrogen (secondary N) is 3. The minimum Gasteiger partial charge on any atom is -0.381 e. The monoisotopic (exact) mass is 386 g/mol. The molecule has 6 heteroatoms. The average Bonchev–Trinajstić information content (AvgIpc) is 3.45. The van der Waals surface area contributed by atoms with E-state index in [1.807, 2.05) is 24.3 Å². The number of benzene rings is 1. The van der Waals surface area contributed by atoms with Crippen molar-refractivity contribution in [1.29, 1.82) is 0 Å². The van der Waals surface area contributed by atoms with Crippen molar-refractivity contribution in [2.45, 2.75) is 52.0 Å². The zero-order chi connectivity index (χ0) is 19.6. The molecular formula is C22H34N4O2. The van der Waals surface area contributed by atoms with Gasteiger partial charge in [0.25, 0.3) is 0 Å². The Labute approximate surface area is 168 Å². The van der Waals surface area contributed by atoms with Crippen LogP contribution in [-0.4, -0.2) is 38.2 Å². The van der Waals surface area contributed by atoms with E-state index in [-0.39, 0.29) is 11.8 Å². The number of aliphatic imine (C=N–C) groups is 1. The number of rotatable bonds is 11. The molecule has 0 radical (unpaired) electrons. The second kappa shape index (κ2) is 11.1. The van der Waals surface area contributed by atoms with E-state index in [4.69, 9.17) is 4.74 Å². The molecule has 3 rings (SSSR count). The van der Waals surface area contributed by atoms with Gasteiger partial charge in [-0.2, -0.15) is 0 Å². The van der Waals surface area contributed by atoms with E-state index in [1.54, 1.807) is 0 Å². The number of guanidine groups is 1. The molecule has 2 aliphatic carbocycles. The quantitative estimate of drug-likeness (QED) is 0.310. The minimum absolute atomic E-state index is 0.144. The van der Waals surface area contributed by atoms with Gasteiger partial charge in [-0.1, -0.05) is 18.6 Å². The average molecular weight is 387 g/mol. The topological polar surface area (TPSA) is 74.8 Å². The van der Waals surface area contributed by atoms with Gasteiger partial charge in [-0.3, -0.25) is 4.79 Å². The predicted molar refractivity (Wildman–Crippen MR) is 113 cm³/mol. The highest BCUT2D eigenvalue weighted by molar-refractivity contribution is 5.93. The summed E-state index contributed by atoms with van der Waals surface area (Å²) < 4.78 is 5.67. The standard InChI is InChI=1S/C22H34N4O2/c1-2-23-22(24-12-5-13-28-16-17-10-11-17)25-15-18-6-3-9-20(14-18)26-21(27)19-7-4-8-19/h3,6,9,14,17,19H,2,4-5,7-8,10-13,15-16H2,1H3,(H,26,27)(H2,23,24,25). The van der Waals surface area contributed by atoms with Crippen molar-refractivity contribution in [3.8, 4) is 0 Å². The molecule has 0 spiro atoms. The maximum absolute atomic E-state index is 12.1. The lowest BCUT2D eigenvalue weighted by Gasteiger charge is -2.24. The zero-order valence-corrected chi connectivity index (χ0v) is 17.0. The Kier molecular flexibility index (Phi) is 8.15. The number of carbonyl (C=O) groups excluding carboxylic acids is 1. The van der Waals surface area contributed by atoms with Crippen LogP contribution in [0.3, 0.4) is 0 Å². The van der Waals surface area contributed by atoms with Gasteiger partial charge < -0.3 is 20.7 Å². The summed E-state index contributed by atoms with van der Waals surface area (Å²) in [4.78, 5) is 16.8. The summed E-state index contributed by atoms with van der Waals surface area (Å²) in [5.74, 6) is 1.97. The molecular weight excluding hydrogens is 352 g/mol. The molecule has 0 saturated heterocycles. The van der Waals surface area contributed by atoms with Gasteiger partial charge in [-0.15, -0.1) is 0 Å². The van der Waals surface area contributed by atoms with Crippen LogP contribution in [0.2, 0.25) is 0 Å². The third-order valence-electron chi connectivity index (χ3n) is 5.24. The number of carbonyl (C=O) groups is 1. The van der Waals surface area contributed by atoms with Gasteiger partial charge in [-0.25, -0.2) is 4.99 Å². The third kappa shape index (κ3) is 7.15. The van der Waals surface area contributed by atoms with Crippen LogP contribution in [0, 0.1) is 11.8 Å². The molecule has 2 saturated carbocycles. The summed E-state index contributed by atoms with van der Waals surface area (Å²) in [6.07, 6.45) is 6.83. The molecule has 0 atom stereocenters. The third-order valence-corrected chi connectivity index (χ3v) is 5.24. The first-order valence-corrected chi connectivity index (χ1v) is 10.7. The first kappa shape index (κ1) is 20.6. The molecule has 0 unspecified atom stereocenters. The van der Waals surface area contributed by atoms with Crippen LogP contribution in [0.4, 0.5) is 5.69 Å². The lowest BCUT2D eigenvalue weighted by Crippen LogP contribution is -2.38. The fourth-order valence-corrected chi connectivity index (χ4v) is 3.09. The molecule has 154 valence electrons. The molecule has 0 bridgehead atoms. The van der Waals surface area contributed by atoms with E-state index in [9.17, 15) is 4.79 Å². The van der Waals surface area contributed by atoms with Crippen molar-refractivity contribution in [1.82, 2.24) is 10.6 Å². The summed E-state index contributed by atoms with van der Waals surface area (Å²) in [5.41, 5.74) is 1.94. The van der Waals surface area contributed by atoms with Crippen LogP contribution in [0.1, 0.15) is 51.0 Å². The summed E-state index contributed by atoms with van der Waals surface area (Å²) in [7, 11) is 0. The molecule has 2 aliphatic rings. The van der Waals surface area contributed by atoms with Crippen molar-refractivity contribution in [2.75, 3.05) is 31.6 Å². The maximum atomic E-state index is 12.1. The number of nitrogens with zero attached hydrogens (tertiary/aromatic N) is 1. The SMILES string of the molecule is CCNC(=NCc1cccc(NC(=O)C2CCC2)c1)NCCCOCC1CC1. The fourth-order valence-electron chi connectivity index (χ4n) is 3.09. The van der Waals surface area contributed by atoms with E-state index < -0.39 is 0 Å². The zero-order valence-electron chi connectivity index (χ0n) is 17.0. The lowest BCUT2D eigenvalue weighted by atomic mass is 9.85. The van der Waals surface area contributed by atoms with Gasteiger partial charge in [0.2, 0.25) is 5.91 Å². The normalized spacial score (nSPS) is 17.1. The van der Waals surface area contributed by atoms with Crippen molar-refractivity contribution in [3.05, 3.63) is 29.8 Å². The Morgan fingerprint density at radius 1 is 1.21 bits per heavy atom. The highest BCUT2D eigenvalue weighted by Crippen LogP contribution is 2.29. The predicted octanol–water partition coefficient (Wildman–Crippen LogP) is 3.30. The Morgan fingerprint density at radius 2 is 2.07 bits per heavy atom. The van der Waals surface area contributed by atoms with E-state index in [0.717, 1.165) is 68.7 Å². The van der Waals surface area contributed by atoms with E-state index in [0.29, 0.717) is 6.54 Å². The molecule has 2 fully saturated rings. The number of ether oxygens (including phenoxy) is 1. The molecule has 0 aromatic heterocycles. The fraction of sp³-hybridized carbons (Fsp3) is 0.636. The number of hydrogen-bond acceptors (Lipinski definition) is 3. The van der Waals surface area contributed by atoms with Gasteiger partial charge in [0.1, 0.15) is 0 Å². The molecule has 1 aromatic rings. The van der Waals surface area contributed by atoms with E-state index >= 15 is 0 Å². The second-order valence-electron chi connectivity index (χ2n) is 7.81. The van der Waals surface area contributed by atoms with Crippen molar-refractivity contribution < 1.29 is 9.53 Å². The van der Waals surface area contributed by atoms with Crippen LogP contribution in [0.5, 0.6) is 0 Å². The summed E-state index contributed by atoms with van der Waals surface area (Å²) >= 11 is 0. The number of anilines is 1. The van der Waals surface area contributed by atoms with Crippen molar-refractivity contribution >= 4 is 17.6 Å². The molecule has 3 N–H and O–H groups in total. The Bertz CT molecular complexity index is 654. The van der Waals surface area contributed by atoms with Gasteiger partial charge in [0, 0.05) is 37.9 Å². The largest absolute Gasteiger partial charge is 0.381 e. The van der Waals surface area contributed by atoms with Crippen LogP contribution >= 0.6 is 0 Å². The van der Waals surface area contributed by atoms with Crippen LogP contribution in [0.15, 0.2) is 29.3 Å². The van der Waals surface area contributed by atoms with Gasteiger partial charge >= 0.3 is 0 Å². The number of hydrogen-bond donors (Lipinski definition) is 3. The lowest BCUT2D eigenvalue weighted by molar-refractivity contribution is -0.122. The highest BCUT2D eigenvalue weighted by atomic mass is 16.5. The van der Waals surface area contributed by atoms with E-state index in [2.05, 4.69) is 27.9 Å².